The Morgan fingerprint density at radius 1 is 1.16 bits per heavy atom. The van der Waals surface area contributed by atoms with Gasteiger partial charge in [-0.2, -0.15) is 0 Å². The minimum atomic E-state index is -0.949. The molecule has 2 fully saturated rings. The number of hydrogen-bond donors (Lipinski definition) is 1. The molecule has 0 unspecified atom stereocenters. The predicted molar refractivity (Wildman–Crippen MR) is 94.4 cm³/mol. The molecule has 0 radical (unpaired) electrons. The number of nitrogens with zero attached hydrogens (tertiary/aromatic N) is 2. The van der Waals surface area contributed by atoms with Gasteiger partial charge < -0.3 is 15.1 Å². The van der Waals surface area contributed by atoms with Crippen LogP contribution in [0.1, 0.15) is 26.7 Å². The van der Waals surface area contributed by atoms with Gasteiger partial charge in [0, 0.05) is 31.4 Å². The molecule has 2 amide bonds. The first kappa shape index (κ1) is 18.1. The Kier molecular flexibility index (Phi) is 5.57. The number of halogens is 2. The van der Waals surface area contributed by atoms with E-state index in [4.69, 9.17) is 0 Å². The van der Waals surface area contributed by atoms with Crippen LogP contribution in [-0.4, -0.2) is 48.6 Å². The summed E-state index contributed by atoms with van der Waals surface area (Å²) in [6, 6.07) is 3.21. The number of rotatable bonds is 3. The maximum Gasteiger partial charge on any atom is 0.321 e. The van der Waals surface area contributed by atoms with Gasteiger partial charge in [0.25, 0.3) is 0 Å². The Morgan fingerprint density at radius 3 is 2.36 bits per heavy atom. The zero-order valence-electron chi connectivity index (χ0n) is 15.0. The standard InChI is InChI=1S/C19H27F2N3O/c1-13(2)10-23-7-5-14-11-24(12-15(14)6-8-23)19(25)22-16-3-4-17(20)18(21)9-16/h3-4,9,13-15H,5-8,10-12H2,1-2H3,(H,22,25)/t14-,15+. The highest BCUT2D eigenvalue weighted by Crippen LogP contribution is 2.32. The molecule has 138 valence electrons. The fraction of sp³-hybridized carbons (Fsp3) is 0.632. The van der Waals surface area contributed by atoms with Crippen molar-refractivity contribution < 1.29 is 13.6 Å². The van der Waals surface area contributed by atoms with Crippen LogP contribution in [0.3, 0.4) is 0 Å². The molecule has 0 aliphatic carbocycles. The SMILES string of the molecule is CC(C)CN1CC[C@@H]2CN(C(=O)Nc3ccc(F)c(F)c3)C[C@@H]2CC1. The van der Waals surface area contributed by atoms with Gasteiger partial charge in [-0.25, -0.2) is 13.6 Å². The molecular formula is C19H27F2N3O. The number of carbonyl (C=O) groups excluding carboxylic acids is 1. The van der Waals surface area contributed by atoms with Gasteiger partial charge in [-0.3, -0.25) is 0 Å². The molecule has 0 saturated carbocycles. The van der Waals surface area contributed by atoms with Crippen LogP contribution in [0.2, 0.25) is 0 Å². The van der Waals surface area contributed by atoms with Gasteiger partial charge in [0.1, 0.15) is 0 Å². The lowest BCUT2D eigenvalue weighted by atomic mass is 9.92. The van der Waals surface area contributed by atoms with Crippen molar-refractivity contribution in [1.29, 1.82) is 0 Å². The summed E-state index contributed by atoms with van der Waals surface area (Å²) in [5.41, 5.74) is 0.291. The molecule has 4 nitrogen and oxygen atoms in total. The van der Waals surface area contributed by atoms with E-state index in [1.807, 2.05) is 4.90 Å². The van der Waals surface area contributed by atoms with Gasteiger partial charge in [-0.15, -0.1) is 0 Å². The molecule has 2 aliphatic heterocycles. The van der Waals surface area contributed by atoms with Crippen molar-refractivity contribution in [3.8, 4) is 0 Å². The number of fused-ring (bicyclic) bond motifs is 1. The molecule has 2 saturated heterocycles. The highest BCUT2D eigenvalue weighted by molar-refractivity contribution is 5.89. The minimum Gasteiger partial charge on any atom is -0.324 e. The molecule has 2 heterocycles. The maximum atomic E-state index is 13.3. The van der Waals surface area contributed by atoms with E-state index in [1.165, 1.54) is 6.07 Å². The molecule has 25 heavy (non-hydrogen) atoms. The second-order valence-corrected chi connectivity index (χ2v) is 7.76. The van der Waals surface area contributed by atoms with Gasteiger partial charge in [-0.05, 0) is 55.8 Å². The fourth-order valence-electron chi connectivity index (χ4n) is 4.04. The van der Waals surface area contributed by atoms with Crippen LogP contribution < -0.4 is 5.32 Å². The summed E-state index contributed by atoms with van der Waals surface area (Å²) in [7, 11) is 0. The van der Waals surface area contributed by atoms with Crippen molar-refractivity contribution in [2.75, 3.05) is 38.0 Å². The molecule has 1 aromatic rings. The molecule has 0 aromatic heterocycles. The average molecular weight is 351 g/mol. The number of hydrogen-bond acceptors (Lipinski definition) is 2. The Morgan fingerprint density at radius 2 is 1.80 bits per heavy atom. The molecule has 6 heteroatoms. The third-order valence-corrected chi connectivity index (χ3v) is 5.29. The van der Waals surface area contributed by atoms with E-state index in [-0.39, 0.29) is 6.03 Å². The first-order valence-corrected chi connectivity index (χ1v) is 9.15. The Bertz CT molecular complexity index is 607. The van der Waals surface area contributed by atoms with Gasteiger partial charge in [0.15, 0.2) is 11.6 Å². The Labute approximate surface area is 148 Å². The molecule has 2 atom stereocenters. The summed E-state index contributed by atoms with van der Waals surface area (Å²) >= 11 is 0. The van der Waals surface area contributed by atoms with E-state index >= 15 is 0 Å². The van der Waals surface area contributed by atoms with Gasteiger partial charge >= 0.3 is 6.03 Å². The van der Waals surface area contributed by atoms with E-state index in [0.717, 1.165) is 57.7 Å². The molecule has 3 rings (SSSR count). The molecule has 1 N–H and O–H groups in total. The lowest BCUT2D eigenvalue weighted by Crippen LogP contribution is -2.35. The molecular weight excluding hydrogens is 324 g/mol. The van der Waals surface area contributed by atoms with Gasteiger partial charge in [-0.1, -0.05) is 13.8 Å². The monoisotopic (exact) mass is 351 g/mol. The zero-order valence-corrected chi connectivity index (χ0v) is 15.0. The summed E-state index contributed by atoms with van der Waals surface area (Å²) in [5.74, 6) is -0.112. The first-order chi connectivity index (χ1) is 11.9. The van der Waals surface area contributed by atoms with E-state index in [0.29, 0.717) is 23.4 Å². The largest absolute Gasteiger partial charge is 0.324 e. The van der Waals surface area contributed by atoms with E-state index in [9.17, 15) is 13.6 Å². The third-order valence-electron chi connectivity index (χ3n) is 5.29. The molecule has 0 spiro atoms. The first-order valence-electron chi connectivity index (χ1n) is 9.15. The lowest BCUT2D eigenvalue weighted by molar-refractivity contribution is 0.213. The number of likely N-dealkylation sites (tertiary alicyclic amines) is 2. The highest BCUT2D eigenvalue weighted by Gasteiger charge is 2.36. The topological polar surface area (TPSA) is 35.6 Å². The van der Waals surface area contributed by atoms with Crippen LogP contribution >= 0.6 is 0 Å². The van der Waals surface area contributed by atoms with Gasteiger partial charge in [0.05, 0.1) is 0 Å². The zero-order chi connectivity index (χ0) is 18.0. The van der Waals surface area contributed by atoms with Crippen molar-refractivity contribution in [3.05, 3.63) is 29.8 Å². The molecule has 2 aliphatic rings. The predicted octanol–water partition coefficient (Wildman–Crippen LogP) is 3.80. The van der Waals surface area contributed by atoms with E-state index in [1.54, 1.807) is 0 Å². The number of nitrogens with one attached hydrogen (secondary N) is 1. The minimum absolute atomic E-state index is 0.224. The molecule has 0 bridgehead atoms. The second-order valence-electron chi connectivity index (χ2n) is 7.76. The third kappa shape index (κ3) is 4.48. The van der Waals surface area contributed by atoms with Crippen molar-refractivity contribution in [3.63, 3.8) is 0 Å². The van der Waals surface area contributed by atoms with Crippen LogP contribution in [0.15, 0.2) is 18.2 Å². The Balaban J connectivity index is 1.54. The summed E-state index contributed by atoms with van der Waals surface area (Å²) in [4.78, 5) is 16.8. The Hall–Kier alpha value is -1.69. The fourth-order valence-corrected chi connectivity index (χ4v) is 4.04. The summed E-state index contributed by atoms with van der Waals surface area (Å²) in [6.45, 7) is 9.31. The van der Waals surface area contributed by atoms with Crippen molar-refractivity contribution in [2.24, 2.45) is 17.8 Å². The lowest BCUT2D eigenvalue weighted by Gasteiger charge is -2.23. The average Bonchev–Trinajstić information content (AvgIpc) is 2.88. The van der Waals surface area contributed by atoms with Crippen molar-refractivity contribution in [1.82, 2.24) is 9.80 Å². The summed E-state index contributed by atoms with van der Waals surface area (Å²) in [6.07, 6.45) is 2.23. The maximum absolute atomic E-state index is 13.3. The normalized spacial score (nSPS) is 24.3. The van der Waals surface area contributed by atoms with E-state index < -0.39 is 11.6 Å². The number of anilines is 1. The highest BCUT2D eigenvalue weighted by atomic mass is 19.2. The van der Waals surface area contributed by atoms with Crippen molar-refractivity contribution >= 4 is 11.7 Å². The summed E-state index contributed by atoms with van der Waals surface area (Å²) < 4.78 is 26.3. The van der Waals surface area contributed by atoms with Gasteiger partial charge in [0.2, 0.25) is 0 Å². The molecule has 1 aromatic carbocycles. The number of carbonyl (C=O) groups is 1. The number of benzene rings is 1. The van der Waals surface area contributed by atoms with Crippen LogP contribution in [0.5, 0.6) is 0 Å². The van der Waals surface area contributed by atoms with Crippen LogP contribution in [-0.2, 0) is 0 Å². The number of amides is 2. The van der Waals surface area contributed by atoms with Crippen molar-refractivity contribution in [2.45, 2.75) is 26.7 Å². The van der Waals surface area contributed by atoms with Crippen LogP contribution in [0, 0.1) is 29.4 Å². The summed E-state index contributed by atoms with van der Waals surface area (Å²) in [5, 5.41) is 2.68. The van der Waals surface area contributed by atoms with E-state index in [2.05, 4.69) is 24.1 Å². The quantitative estimate of drug-likeness (QED) is 0.899. The second kappa shape index (κ2) is 7.68. The smallest absolute Gasteiger partial charge is 0.321 e. The number of urea groups is 1. The van der Waals surface area contributed by atoms with Crippen LogP contribution in [0.25, 0.3) is 0 Å². The van der Waals surface area contributed by atoms with Crippen LogP contribution in [0.4, 0.5) is 19.3 Å².